The molecule has 0 N–H and O–H groups in total. The maximum atomic E-state index is 15.0. The number of esters is 1. The van der Waals surface area contributed by atoms with E-state index in [1.165, 1.54) is 6.07 Å². The van der Waals surface area contributed by atoms with Crippen molar-refractivity contribution in [3.05, 3.63) is 63.5 Å². The highest BCUT2D eigenvalue weighted by Gasteiger charge is 2.28. The molecule has 0 aliphatic heterocycles. The third-order valence-electron chi connectivity index (χ3n) is 4.95. The summed E-state index contributed by atoms with van der Waals surface area (Å²) in [4.78, 5) is 29.4. The average Bonchev–Trinajstić information content (AvgIpc) is 3.46. The molecule has 1 fully saturated rings. The third-order valence-corrected chi connectivity index (χ3v) is 4.95. The summed E-state index contributed by atoms with van der Waals surface area (Å²) in [7, 11) is 0. The molecule has 3 aromatic rings. The zero-order valence-corrected chi connectivity index (χ0v) is 16.1. The third kappa shape index (κ3) is 3.19. The molecule has 1 aliphatic carbocycles. The second-order valence-electron chi connectivity index (χ2n) is 7.22. The number of benzene rings is 1. The number of aromatic nitrogens is 2. The van der Waals surface area contributed by atoms with E-state index in [0.29, 0.717) is 16.6 Å². The predicted molar refractivity (Wildman–Crippen MR) is 105 cm³/mol. The molecule has 1 aliphatic rings. The van der Waals surface area contributed by atoms with Crippen LogP contribution in [0.4, 0.5) is 4.39 Å². The van der Waals surface area contributed by atoms with Crippen molar-refractivity contribution in [2.75, 3.05) is 6.61 Å². The molecule has 2 heterocycles. The number of halogens is 1. The summed E-state index contributed by atoms with van der Waals surface area (Å²) in [5, 5.41) is 0.196. The maximum absolute atomic E-state index is 15.0. The van der Waals surface area contributed by atoms with Gasteiger partial charge in [0, 0.05) is 34.6 Å². The maximum Gasteiger partial charge on any atom is 0.343 e. The van der Waals surface area contributed by atoms with E-state index in [1.807, 2.05) is 30.5 Å². The summed E-state index contributed by atoms with van der Waals surface area (Å²) >= 11 is 0. The molecule has 0 atom stereocenters. The number of carbonyl (C=O) groups excluding carboxylic acids is 1. The predicted octanol–water partition coefficient (Wildman–Crippen LogP) is 4.33. The number of aryl methyl sites for hydroxylation is 2. The van der Waals surface area contributed by atoms with Crippen molar-refractivity contribution < 1.29 is 13.9 Å². The molecule has 1 saturated carbocycles. The highest BCUT2D eigenvalue weighted by molar-refractivity contribution is 5.95. The van der Waals surface area contributed by atoms with Gasteiger partial charge in [-0.25, -0.2) is 9.18 Å². The van der Waals surface area contributed by atoms with Crippen LogP contribution in [0.15, 0.2) is 35.3 Å². The van der Waals surface area contributed by atoms with E-state index in [4.69, 9.17) is 4.74 Å². The van der Waals surface area contributed by atoms with Gasteiger partial charge in [-0.3, -0.25) is 9.78 Å². The van der Waals surface area contributed by atoms with Gasteiger partial charge in [-0.2, -0.15) is 0 Å². The lowest BCUT2D eigenvalue weighted by molar-refractivity contribution is 0.0524. The first-order valence-electron chi connectivity index (χ1n) is 9.40. The number of pyridine rings is 2. The molecular formula is C22H21FN2O3. The van der Waals surface area contributed by atoms with E-state index in [2.05, 4.69) is 4.98 Å². The van der Waals surface area contributed by atoms with Gasteiger partial charge in [0.05, 0.1) is 12.1 Å². The van der Waals surface area contributed by atoms with E-state index >= 15 is 0 Å². The van der Waals surface area contributed by atoms with Crippen LogP contribution in [-0.4, -0.2) is 22.1 Å². The monoisotopic (exact) mass is 380 g/mol. The van der Waals surface area contributed by atoms with Crippen molar-refractivity contribution in [2.24, 2.45) is 0 Å². The SMILES string of the molecule is CCOC(=O)c1cn(C2CC2)c2cc(-c3cc(C)nc(C)c3)c(F)cc2c1=O. The number of rotatable bonds is 4. The standard InChI is InChI=1S/C22H21FN2O3/c1-4-28-22(27)18-11-25(15-5-6-15)20-10-16(19(23)9-17(20)21(18)26)14-7-12(2)24-13(3)8-14/h7-11,15H,4-6H2,1-3H3. The van der Waals surface area contributed by atoms with Gasteiger partial charge in [0.25, 0.3) is 0 Å². The van der Waals surface area contributed by atoms with Gasteiger partial charge in [-0.1, -0.05) is 0 Å². The molecule has 1 aromatic carbocycles. The Balaban J connectivity index is 1.99. The minimum absolute atomic E-state index is 0.0519. The molecular weight excluding hydrogens is 359 g/mol. The Morgan fingerprint density at radius 3 is 2.50 bits per heavy atom. The number of ether oxygens (including phenoxy) is 1. The Kier molecular flexibility index (Phi) is 4.49. The van der Waals surface area contributed by atoms with Gasteiger partial charge in [0.15, 0.2) is 0 Å². The van der Waals surface area contributed by atoms with Crippen molar-refractivity contribution in [1.29, 1.82) is 0 Å². The summed E-state index contributed by atoms with van der Waals surface area (Å²) in [5.41, 5.74) is 2.80. The largest absolute Gasteiger partial charge is 0.462 e. The van der Waals surface area contributed by atoms with Crippen LogP contribution in [0, 0.1) is 19.7 Å². The van der Waals surface area contributed by atoms with Crippen LogP contribution >= 0.6 is 0 Å². The smallest absolute Gasteiger partial charge is 0.343 e. The normalized spacial score (nSPS) is 13.7. The summed E-state index contributed by atoms with van der Waals surface area (Å²) in [6.07, 6.45) is 3.48. The van der Waals surface area contributed by atoms with Gasteiger partial charge in [-0.15, -0.1) is 0 Å². The van der Waals surface area contributed by atoms with Crippen molar-refractivity contribution >= 4 is 16.9 Å². The summed E-state index contributed by atoms with van der Waals surface area (Å²) in [5.74, 6) is -1.17. The molecule has 28 heavy (non-hydrogen) atoms. The Labute approximate surface area is 161 Å². The number of hydrogen-bond donors (Lipinski definition) is 0. The van der Waals surface area contributed by atoms with Gasteiger partial charge in [-0.05, 0) is 63.4 Å². The van der Waals surface area contributed by atoms with Crippen LogP contribution in [0.5, 0.6) is 0 Å². The zero-order valence-electron chi connectivity index (χ0n) is 16.1. The number of carbonyl (C=O) groups is 1. The van der Waals surface area contributed by atoms with Crippen LogP contribution in [0.25, 0.3) is 22.0 Å². The van der Waals surface area contributed by atoms with Crippen LogP contribution in [0.1, 0.15) is 47.6 Å². The zero-order chi connectivity index (χ0) is 20.0. The summed E-state index contributed by atoms with van der Waals surface area (Å²) in [6.45, 7) is 5.58. The van der Waals surface area contributed by atoms with E-state index in [0.717, 1.165) is 24.2 Å². The molecule has 5 nitrogen and oxygen atoms in total. The van der Waals surface area contributed by atoms with Crippen molar-refractivity contribution in [1.82, 2.24) is 9.55 Å². The fourth-order valence-electron chi connectivity index (χ4n) is 3.59. The summed E-state index contributed by atoms with van der Waals surface area (Å²) < 4.78 is 21.9. The molecule has 6 heteroatoms. The molecule has 0 spiro atoms. The average molecular weight is 380 g/mol. The highest BCUT2D eigenvalue weighted by Crippen LogP contribution is 2.38. The molecule has 0 saturated heterocycles. The minimum atomic E-state index is -0.673. The van der Waals surface area contributed by atoms with E-state index in [-0.39, 0.29) is 23.6 Å². The van der Waals surface area contributed by atoms with Crippen LogP contribution in [0.3, 0.4) is 0 Å². The highest BCUT2D eigenvalue weighted by atomic mass is 19.1. The first kappa shape index (κ1) is 18.3. The minimum Gasteiger partial charge on any atom is -0.462 e. The van der Waals surface area contributed by atoms with Crippen LogP contribution in [0.2, 0.25) is 0 Å². The van der Waals surface area contributed by atoms with Crippen molar-refractivity contribution in [3.63, 3.8) is 0 Å². The van der Waals surface area contributed by atoms with Crippen LogP contribution in [-0.2, 0) is 4.74 Å². The summed E-state index contributed by atoms with van der Waals surface area (Å²) in [6, 6.07) is 6.79. The lowest BCUT2D eigenvalue weighted by atomic mass is 10.0. The lowest BCUT2D eigenvalue weighted by Crippen LogP contribution is -2.21. The second-order valence-corrected chi connectivity index (χ2v) is 7.22. The number of fused-ring (bicyclic) bond motifs is 1. The van der Waals surface area contributed by atoms with Crippen molar-refractivity contribution in [2.45, 2.75) is 39.7 Å². The van der Waals surface area contributed by atoms with Gasteiger partial charge >= 0.3 is 5.97 Å². The topological polar surface area (TPSA) is 61.2 Å². The first-order valence-corrected chi connectivity index (χ1v) is 9.40. The molecule has 0 amide bonds. The molecule has 144 valence electrons. The fourth-order valence-corrected chi connectivity index (χ4v) is 3.59. The van der Waals surface area contributed by atoms with Crippen molar-refractivity contribution in [3.8, 4) is 11.1 Å². The Morgan fingerprint density at radius 1 is 1.21 bits per heavy atom. The number of hydrogen-bond acceptors (Lipinski definition) is 4. The van der Waals surface area contributed by atoms with Crippen LogP contribution < -0.4 is 5.43 Å². The first-order chi connectivity index (χ1) is 13.4. The fraction of sp³-hybridized carbons (Fsp3) is 0.318. The molecule has 0 bridgehead atoms. The van der Waals surface area contributed by atoms with Gasteiger partial charge in [0.2, 0.25) is 5.43 Å². The second kappa shape index (κ2) is 6.86. The van der Waals surface area contributed by atoms with E-state index in [1.54, 1.807) is 19.2 Å². The Hall–Kier alpha value is -3.02. The van der Waals surface area contributed by atoms with Gasteiger partial charge in [0.1, 0.15) is 11.4 Å². The molecule has 4 rings (SSSR count). The quantitative estimate of drug-likeness (QED) is 0.632. The van der Waals surface area contributed by atoms with Gasteiger partial charge < -0.3 is 9.30 Å². The Morgan fingerprint density at radius 2 is 1.89 bits per heavy atom. The molecule has 2 aromatic heterocycles. The molecule has 0 radical (unpaired) electrons. The van der Waals surface area contributed by atoms with E-state index < -0.39 is 17.2 Å². The number of nitrogens with zero attached hydrogens (tertiary/aromatic N) is 2. The van der Waals surface area contributed by atoms with E-state index in [9.17, 15) is 14.0 Å². The molecule has 0 unspecified atom stereocenters. The lowest BCUT2D eigenvalue weighted by Gasteiger charge is -2.15. The Bertz CT molecular complexity index is 1140.